The molecule has 7 nitrogen and oxygen atoms in total. The number of sulfone groups is 1. The fourth-order valence-corrected chi connectivity index (χ4v) is 5.99. The highest BCUT2D eigenvalue weighted by Gasteiger charge is 2.62. The van der Waals surface area contributed by atoms with Crippen molar-refractivity contribution >= 4 is 15.7 Å². The molecule has 2 saturated heterocycles. The van der Waals surface area contributed by atoms with E-state index in [-0.39, 0.29) is 43.3 Å². The van der Waals surface area contributed by atoms with Gasteiger partial charge in [-0.05, 0) is 24.8 Å². The minimum absolute atomic E-state index is 0.0486. The summed E-state index contributed by atoms with van der Waals surface area (Å²) in [6, 6.07) is 1.95. The minimum atomic E-state index is -3.22. The van der Waals surface area contributed by atoms with Crippen LogP contribution in [-0.2, 0) is 14.6 Å². The van der Waals surface area contributed by atoms with Gasteiger partial charge in [0.25, 0.3) is 0 Å². The molecule has 3 heterocycles. The van der Waals surface area contributed by atoms with Gasteiger partial charge in [-0.25, -0.2) is 18.4 Å². The molecule has 2 fully saturated rings. The maximum atomic E-state index is 12.6. The molecule has 1 spiro atoms. The number of amides is 1. The third-order valence-electron chi connectivity index (χ3n) is 5.26. The molecular weight excluding hydrogens is 342 g/mol. The lowest BCUT2D eigenvalue weighted by atomic mass is 9.83. The van der Waals surface area contributed by atoms with Crippen LogP contribution in [0.2, 0.25) is 0 Å². The molecule has 0 saturated carbocycles. The van der Waals surface area contributed by atoms with E-state index in [2.05, 4.69) is 23.8 Å². The van der Waals surface area contributed by atoms with Crippen molar-refractivity contribution in [3.63, 3.8) is 0 Å². The summed E-state index contributed by atoms with van der Waals surface area (Å²) in [6.07, 6.45) is 5.03. The van der Waals surface area contributed by atoms with Crippen molar-refractivity contribution in [2.24, 2.45) is 11.8 Å². The third kappa shape index (κ3) is 3.49. The highest BCUT2D eigenvalue weighted by Crippen LogP contribution is 2.45. The Hall–Kier alpha value is -1.70. The Morgan fingerprint density at radius 1 is 1.36 bits per heavy atom. The van der Waals surface area contributed by atoms with Gasteiger partial charge in [-0.1, -0.05) is 13.8 Å². The molecule has 1 aromatic rings. The van der Waals surface area contributed by atoms with Crippen molar-refractivity contribution in [3.05, 3.63) is 18.5 Å². The molecule has 0 radical (unpaired) electrons. The number of carbonyl (C=O) groups is 1. The lowest BCUT2D eigenvalue weighted by Crippen LogP contribution is -2.68. The molecule has 1 unspecified atom stereocenters. The van der Waals surface area contributed by atoms with Gasteiger partial charge in [0.05, 0.1) is 12.4 Å². The van der Waals surface area contributed by atoms with E-state index in [1.807, 2.05) is 0 Å². The van der Waals surface area contributed by atoms with Gasteiger partial charge in [-0.15, -0.1) is 0 Å². The second-order valence-electron chi connectivity index (χ2n) is 7.39. The average Bonchev–Trinajstić information content (AvgIpc) is 2.81. The first-order chi connectivity index (χ1) is 11.8. The fraction of sp³-hybridized carbons (Fsp3) is 0.706. The van der Waals surface area contributed by atoms with Gasteiger partial charge in [-0.2, -0.15) is 0 Å². The first-order valence-electron chi connectivity index (χ1n) is 8.74. The summed E-state index contributed by atoms with van der Waals surface area (Å²) in [7, 11) is -3.22. The van der Waals surface area contributed by atoms with Crippen molar-refractivity contribution in [3.8, 4) is 6.01 Å². The Morgan fingerprint density at radius 3 is 2.68 bits per heavy atom. The molecule has 8 heteroatoms. The number of nitrogens with zero attached hydrogens (tertiary/aromatic N) is 3. The smallest absolute Gasteiger partial charge is 0.316 e. The van der Waals surface area contributed by atoms with E-state index in [4.69, 9.17) is 4.74 Å². The zero-order valence-corrected chi connectivity index (χ0v) is 15.5. The molecule has 0 aromatic carbocycles. The van der Waals surface area contributed by atoms with Crippen LogP contribution < -0.4 is 4.74 Å². The number of aromatic nitrogens is 2. The number of likely N-dealkylation sites (tertiary alicyclic amines) is 1. The predicted octanol–water partition coefficient (Wildman–Crippen LogP) is 1.31. The van der Waals surface area contributed by atoms with Gasteiger partial charge >= 0.3 is 6.01 Å². The van der Waals surface area contributed by atoms with Gasteiger partial charge in [0.2, 0.25) is 5.91 Å². The van der Waals surface area contributed by atoms with Crippen LogP contribution in [0.5, 0.6) is 6.01 Å². The maximum absolute atomic E-state index is 12.6. The Kier molecular flexibility index (Phi) is 4.99. The van der Waals surface area contributed by atoms with Gasteiger partial charge in [-0.3, -0.25) is 4.79 Å². The molecule has 1 aromatic heterocycles. The van der Waals surface area contributed by atoms with Gasteiger partial charge in [0, 0.05) is 37.8 Å². The molecule has 25 heavy (non-hydrogen) atoms. The van der Waals surface area contributed by atoms with Crippen molar-refractivity contribution in [2.75, 3.05) is 25.4 Å². The van der Waals surface area contributed by atoms with Crippen molar-refractivity contribution in [2.45, 2.75) is 37.9 Å². The SMILES string of the molecule is CC(C)CCC(=O)N1CC2(C1)C(COc1ncccn1)CCS2(=O)=O. The highest BCUT2D eigenvalue weighted by atomic mass is 32.2. The number of hydrogen-bond donors (Lipinski definition) is 0. The van der Waals surface area contributed by atoms with Crippen LogP contribution in [0.15, 0.2) is 18.5 Å². The first-order valence-corrected chi connectivity index (χ1v) is 10.4. The molecule has 138 valence electrons. The normalized spacial score (nSPS) is 23.6. The van der Waals surface area contributed by atoms with Gasteiger partial charge in [0.1, 0.15) is 4.75 Å². The summed E-state index contributed by atoms with van der Waals surface area (Å²) in [6.45, 7) is 4.99. The molecule has 0 aliphatic carbocycles. The van der Waals surface area contributed by atoms with Crippen LogP contribution in [0.1, 0.15) is 33.1 Å². The Labute approximate surface area is 148 Å². The van der Waals surface area contributed by atoms with E-state index in [0.29, 0.717) is 18.8 Å². The highest BCUT2D eigenvalue weighted by molar-refractivity contribution is 7.93. The molecule has 0 N–H and O–H groups in total. The second-order valence-corrected chi connectivity index (χ2v) is 9.84. The standard InChI is InChI=1S/C17H25N3O4S/c1-13(2)4-5-15(21)20-11-17(12-20)14(6-9-25(17,22)23)10-24-16-18-7-3-8-19-16/h3,7-8,13-14H,4-6,9-12H2,1-2H3. The number of hydrogen-bond acceptors (Lipinski definition) is 6. The van der Waals surface area contributed by atoms with Crippen LogP contribution in [0.4, 0.5) is 0 Å². The maximum Gasteiger partial charge on any atom is 0.316 e. The largest absolute Gasteiger partial charge is 0.463 e. The third-order valence-corrected chi connectivity index (χ3v) is 7.86. The van der Waals surface area contributed by atoms with Gasteiger partial charge in [0.15, 0.2) is 9.84 Å². The molecule has 2 aliphatic rings. The van der Waals surface area contributed by atoms with Crippen LogP contribution in [0.25, 0.3) is 0 Å². The predicted molar refractivity (Wildman–Crippen MR) is 92.8 cm³/mol. The van der Waals surface area contributed by atoms with E-state index < -0.39 is 14.6 Å². The molecule has 1 atom stereocenters. The van der Waals surface area contributed by atoms with Crippen molar-refractivity contribution in [1.29, 1.82) is 0 Å². The number of carbonyl (C=O) groups excluding carboxylic acids is 1. The van der Waals surface area contributed by atoms with E-state index in [0.717, 1.165) is 6.42 Å². The quantitative estimate of drug-likeness (QED) is 0.753. The summed E-state index contributed by atoms with van der Waals surface area (Å²) in [5, 5.41) is 0. The van der Waals surface area contributed by atoms with E-state index >= 15 is 0 Å². The second kappa shape index (κ2) is 6.90. The molecule has 2 aliphatic heterocycles. The van der Waals surface area contributed by atoms with Crippen LogP contribution in [-0.4, -0.2) is 59.4 Å². The molecule has 0 bridgehead atoms. The van der Waals surface area contributed by atoms with E-state index in [1.54, 1.807) is 23.4 Å². The van der Waals surface area contributed by atoms with Gasteiger partial charge < -0.3 is 9.64 Å². The van der Waals surface area contributed by atoms with Crippen LogP contribution >= 0.6 is 0 Å². The monoisotopic (exact) mass is 367 g/mol. The zero-order valence-electron chi connectivity index (χ0n) is 14.7. The van der Waals surface area contributed by atoms with Crippen molar-refractivity contribution < 1.29 is 17.9 Å². The Bertz CT molecular complexity index is 715. The number of rotatable bonds is 6. The Morgan fingerprint density at radius 2 is 2.04 bits per heavy atom. The van der Waals surface area contributed by atoms with Crippen LogP contribution in [0, 0.1) is 11.8 Å². The summed E-state index contributed by atoms with van der Waals surface area (Å²) >= 11 is 0. The van der Waals surface area contributed by atoms with E-state index in [1.165, 1.54) is 0 Å². The minimum Gasteiger partial charge on any atom is -0.463 e. The first kappa shape index (κ1) is 18.1. The van der Waals surface area contributed by atoms with Crippen molar-refractivity contribution in [1.82, 2.24) is 14.9 Å². The molecule has 3 rings (SSSR count). The lowest BCUT2D eigenvalue weighted by Gasteiger charge is -2.49. The average molecular weight is 367 g/mol. The topological polar surface area (TPSA) is 89.5 Å². The number of ether oxygens (including phenoxy) is 1. The Balaban J connectivity index is 1.63. The summed E-state index contributed by atoms with van der Waals surface area (Å²) < 4.78 is 29.9. The summed E-state index contributed by atoms with van der Waals surface area (Å²) in [5.41, 5.74) is 0. The fourth-order valence-electron chi connectivity index (χ4n) is 3.59. The zero-order chi connectivity index (χ0) is 18.1. The summed E-state index contributed by atoms with van der Waals surface area (Å²) in [5.74, 6) is 0.536. The van der Waals surface area contributed by atoms with Crippen LogP contribution in [0.3, 0.4) is 0 Å². The lowest BCUT2D eigenvalue weighted by molar-refractivity contribution is -0.137. The summed E-state index contributed by atoms with van der Waals surface area (Å²) in [4.78, 5) is 21.9. The molecular formula is C17H25N3O4S. The van der Waals surface area contributed by atoms with E-state index in [9.17, 15) is 13.2 Å². The molecule has 1 amide bonds.